The predicted octanol–water partition coefficient (Wildman–Crippen LogP) is 4.06. The molecule has 2 atom stereocenters. The lowest BCUT2D eigenvalue weighted by atomic mass is 9.90. The van der Waals surface area contributed by atoms with Gasteiger partial charge in [-0.25, -0.2) is 0 Å². The summed E-state index contributed by atoms with van der Waals surface area (Å²) in [6.07, 6.45) is 11.4. The first-order valence-electron chi connectivity index (χ1n) is 9.32. The molecule has 0 bridgehead atoms. The van der Waals surface area contributed by atoms with Gasteiger partial charge in [0.25, 0.3) is 0 Å². The van der Waals surface area contributed by atoms with Crippen LogP contribution in [0.3, 0.4) is 0 Å². The monoisotopic (exact) mass is 322 g/mol. The molecule has 1 amide bonds. The zero-order valence-corrected chi connectivity index (χ0v) is 14.4. The van der Waals surface area contributed by atoms with E-state index in [-0.39, 0.29) is 11.9 Å². The van der Waals surface area contributed by atoms with Crippen molar-refractivity contribution >= 4 is 16.8 Å². The minimum atomic E-state index is 0.217. The molecule has 3 nitrogen and oxygen atoms in total. The minimum absolute atomic E-state index is 0.217. The maximum absolute atomic E-state index is 12.3. The molecule has 0 spiro atoms. The van der Waals surface area contributed by atoms with Crippen LogP contribution in [-0.2, 0) is 24.1 Å². The largest absolute Gasteiger partial charge is 0.358 e. The number of allylic oxidation sites excluding steroid dienone is 2. The van der Waals surface area contributed by atoms with Gasteiger partial charge in [-0.15, -0.1) is 0 Å². The van der Waals surface area contributed by atoms with Crippen molar-refractivity contribution in [3.8, 4) is 0 Å². The van der Waals surface area contributed by atoms with E-state index in [1.165, 1.54) is 27.7 Å². The summed E-state index contributed by atoms with van der Waals surface area (Å²) in [5.74, 6) is 0.665. The first-order valence-corrected chi connectivity index (χ1v) is 9.32. The van der Waals surface area contributed by atoms with Gasteiger partial charge in [-0.3, -0.25) is 4.79 Å². The van der Waals surface area contributed by atoms with Gasteiger partial charge in [-0.05, 0) is 55.6 Å². The van der Waals surface area contributed by atoms with Crippen LogP contribution >= 0.6 is 0 Å². The summed E-state index contributed by atoms with van der Waals surface area (Å²) in [6, 6.07) is 6.86. The molecule has 2 aromatic rings. The fourth-order valence-corrected chi connectivity index (χ4v) is 4.31. The molecule has 126 valence electrons. The molecule has 1 aromatic heterocycles. The highest BCUT2D eigenvalue weighted by Crippen LogP contribution is 2.31. The first-order chi connectivity index (χ1) is 11.7. The molecule has 1 heterocycles. The van der Waals surface area contributed by atoms with Crippen LogP contribution in [0.25, 0.3) is 10.9 Å². The van der Waals surface area contributed by atoms with Gasteiger partial charge in [0.15, 0.2) is 0 Å². The second-order valence-electron chi connectivity index (χ2n) is 7.25. The summed E-state index contributed by atoms with van der Waals surface area (Å²) in [7, 11) is 0. The Balaban J connectivity index is 1.49. The molecule has 2 aliphatic carbocycles. The molecule has 1 aromatic carbocycles. The molecule has 0 unspecified atom stereocenters. The van der Waals surface area contributed by atoms with Gasteiger partial charge in [-0.1, -0.05) is 37.3 Å². The third-order valence-electron chi connectivity index (χ3n) is 5.62. The molecule has 0 aliphatic heterocycles. The number of aromatic amines is 1. The van der Waals surface area contributed by atoms with Crippen LogP contribution in [0.15, 0.2) is 30.4 Å². The predicted molar refractivity (Wildman–Crippen MR) is 98.1 cm³/mol. The molecule has 0 saturated heterocycles. The van der Waals surface area contributed by atoms with Crippen molar-refractivity contribution in [1.82, 2.24) is 10.3 Å². The number of amides is 1. The summed E-state index contributed by atoms with van der Waals surface area (Å²) >= 11 is 0. The van der Waals surface area contributed by atoms with E-state index in [0.29, 0.717) is 12.3 Å². The van der Waals surface area contributed by atoms with Crippen molar-refractivity contribution in [3.63, 3.8) is 0 Å². The number of aromatic nitrogens is 1. The zero-order chi connectivity index (χ0) is 16.5. The second kappa shape index (κ2) is 6.46. The number of fused-ring (bicyclic) bond motifs is 3. The zero-order valence-electron chi connectivity index (χ0n) is 14.4. The van der Waals surface area contributed by atoms with Gasteiger partial charge in [-0.2, -0.15) is 0 Å². The number of carbonyl (C=O) groups excluding carboxylic acids is 1. The molecule has 2 aliphatic rings. The highest BCUT2D eigenvalue weighted by molar-refractivity contribution is 5.88. The van der Waals surface area contributed by atoms with Crippen molar-refractivity contribution in [2.45, 2.75) is 57.9 Å². The molecule has 2 N–H and O–H groups in total. The Morgan fingerprint density at radius 3 is 3.04 bits per heavy atom. The van der Waals surface area contributed by atoms with Crippen LogP contribution < -0.4 is 5.32 Å². The number of benzene rings is 1. The van der Waals surface area contributed by atoms with E-state index in [9.17, 15) is 4.79 Å². The minimum Gasteiger partial charge on any atom is -0.358 e. The van der Waals surface area contributed by atoms with Gasteiger partial charge >= 0.3 is 0 Å². The van der Waals surface area contributed by atoms with Gasteiger partial charge in [0.05, 0.1) is 0 Å². The SMILES string of the molecule is CCc1cccc2c3c([nH]c12)CC[C@@H](NC(=O)C[C@@H]1C=CCC1)C3. The van der Waals surface area contributed by atoms with Crippen molar-refractivity contribution in [2.75, 3.05) is 0 Å². The fraction of sp³-hybridized carbons (Fsp3) is 0.476. The quantitative estimate of drug-likeness (QED) is 0.819. The Bertz CT molecular complexity index is 786. The van der Waals surface area contributed by atoms with Crippen LogP contribution in [-0.4, -0.2) is 16.9 Å². The average Bonchev–Trinajstić information content (AvgIpc) is 3.21. The topological polar surface area (TPSA) is 44.9 Å². The number of aryl methyl sites for hydroxylation is 2. The summed E-state index contributed by atoms with van der Waals surface area (Å²) in [5, 5.41) is 4.63. The highest BCUT2D eigenvalue weighted by Gasteiger charge is 2.25. The van der Waals surface area contributed by atoms with Crippen molar-refractivity contribution in [2.24, 2.45) is 5.92 Å². The number of H-pyrrole nitrogens is 1. The third-order valence-corrected chi connectivity index (χ3v) is 5.62. The number of nitrogens with one attached hydrogen (secondary N) is 2. The van der Waals surface area contributed by atoms with Crippen LogP contribution in [0.2, 0.25) is 0 Å². The number of carbonyl (C=O) groups is 1. The van der Waals surface area contributed by atoms with Crippen LogP contribution in [0, 0.1) is 5.92 Å². The molecule has 0 fully saturated rings. The summed E-state index contributed by atoms with van der Waals surface area (Å²) in [5.41, 5.74) is 5.47. The van der Waals surface area contributed by atoms with Crippen molar-refractivity contribution in [1.29, 1.82) is 0 Å². The van der Waals surface area contributed by atoms with Gasteiger partial charge in [0.2, 0.25) is 5.91 Å². The van der Waals surface area contributed by atoms with Crippen LogP contribution in [0.1, 0.15) is 49.4 Å². The third kappa shape index (κ3) is 2.88. The van der Waals surface area contributed by atoms with Gasteiger partial charge in [0.1, 0.15) is 0 Å². The van der Waals surface area contributed by atoms with E-state index < -0.39 is 0 Å². The average molecular weight is 322 g/mol. The molecule has 24 heavy (non-hydrogen) atoms. The Morgan fingerprint density at radius 2 is 2.25 bits per heavy atom. The Labute approximate surface area is 143 Å². The van der Waals surface area contributed by atoms with Gasteiger partial charge in [0, 0.05) is 29.1 Å². The Hall–Kier alpha value is -2.03. The number of para-hydroxylation sites is 1. The first kappa shape index (κ1) is 15.5. The second-order valence-corrected chi connectivity index (χ2v) is 7.25. The van der Waals surface area contributed by atoms with E-state index >= 15 is 0 Å². The van der Waals surface area contributed by atoms with Gasteiger partial charge < -0.3 is 10.3 Å². The fourth-order valence-electron chi connectivity index (χ4n) is 4.31. The Morgan fingerprint density at radius 1 is 1.33 bits per heavy atom. The van der Waals surface area contributed by atoms with E-state index in [0.717, 1.165) is 38.5 Å². The number of rotatable bonds is 4. The number of hydrogen-bond acceptors (Lipinski definition) is 1. The van der Waals surface area contributed by atoms with E-state index in [1.807, 2.05) is 0 Å². The van der Waals surface area contributed by atoms with Crippen molar-refractivity contribution in [3.05, 3.63) is 47.2 Å². The molecular formula is C21H26N2O. The highest BCUT2D eigenvalue weighted by atomic mass is 16.1. The lowest BCUT2D eigenvalue weighted by molar-refractivity contribution is -0.122. The standard InChI is InChI=1S/C21H26N2O/c1-2-15-8-5-9-17-18-13-16(10-11-19(18)23-21(15)17)22-20(24)12-14-6-3-4-7-14/h3,5-6,8-9,14,16,23H,2,4,7,10-13H2,1H3,(H,22,24)/t14-,16-/m1/s1. The maximum Gasteiger partial charge on any atom is 0.220 e. The number of hydrogen-bond donors (Lipinski definition) is 2. The molecule has 4 rings (SSSR count). The lowest BCUT2D eigenvalue weighted by Gasteiger charge is -2.24. The van der Waals surface area contributed by atoms with Crippen molar-refractivity contribution < 1.29 is 4.79 Å². The lowest BCUT2D eigenvalue weighted by Crippen LogP contribution is -2.39. The maximum atomic E-state index is 12.3. The summed E-state index contributed by atoms with van der Waals surface area (Å²) in [4.78, 5) is 16.0. The molecule has 3 heteroatoms. The summed E-state index contributed by atoms with van der Waals surface area (Å²) < 4.78 is 0. The van der Waals surface area contributed by atoms with Crippen LogP contribution in [0.4, 0.5) is 0 Å². The van der Waals surface area contributed by atoms with E-state index in [1.54, 1.807) is 0 Å². The Kier molecular flexibility index (Phi) is 4.17. The van der Waals surface area contributed by atoms with Crippen LogP contribution in [0.5, 0.6) is 0 Å². The normalized spacial score (nSPS) is 22.7. The summed E-state index contributed by atoms with van der Waals surface area (Å²) in [6.45, 7) is 2.20. The molecular weight excluding hydrogens is 296 g/mol. The molecule has 0 saturated carbocycles. The van der Waals surface area contributed by atoms with E-state index in [4.69, 9.17) is 0 Å². The van der Waals surface area contributed by atoms with E-state index in [2.05, 4.69) is 47.6 Å². The smallest absolute Gasteiger partial charge is 0.220 e. The molecule has 0 radical (unpaired) electrons.